The highest BCUT2D eigenvalue weighted by molar-refractivity contribution is 5.88. The predicted molar refractivity (Wildman–Crippen MR) is 80.4 cm³/mol. The van der Waals surface area contributed by atoms with Gasteiger partial charge < -0.3 is 10.4 Å². The summed E-state index contributed by atoms with van der Waals surface area (Å²) in [6.07, 6.45) is 2.22. The summed E-state index contributed by atoms with van der Waals surface area (Å²) >= 11 is 0. The molecule has 2 rings (SSSR count). The third-order valence-electron chi connectivity index (χ3n) is 3.90. The third kappa shape index (κ3) is 4.05. The van der Waals surface area contributed by atoms with Gasteiger partial charge in [-0.15, -0.1) is 0 Å². The molecule has 1 saturated heterocycles. The minimum absolute atomic E-state index is 0.0213. The lowest BCUT2D eigenvalue weighted by Crippen LogP contribution is -2.43. The molecule has 1 aromatic rings. The fourth-order valence-corrected chi connectivity index (χ4v) is 2.90. The summed E-state index contributed by atoms with van der Waals surface area (Å²) in [7, 11) is 0. The van der Waals surface area contributed by atoms with Gasteiger partial charge in [-0.3, -0.25) is 9.69 Å². The lowest BCUT2D eigenvalue weighted by atomic mass is 9.82. The molecule has 0 aliphatic carbocycles. The van der Waals surface area contributed by atoms with Crippen LogP contribution in [0.3, 0.4) is 0 Å². The average molecular weight is 276 g/mol. The molecule has 1 atom stereocenters. The molecule has 1 aromatic carbocycles. The Labute approximate surface area is 120 Å². The Morgan fingerprint density at radius 3 is 3.00 bits per heavy atom. The SMILES string of the molecule is CC(=O)Nc1cccc(CN2CCCC(C)(CO)C2)c1. The van der Waals surface area contributed by atoms with Crippen molar-refractivity contribution in [2.75, 3.05) is 25.0 Å². The monoisotopic (exact) mass is 276 g/mol. The van der Waals surface area contributed by atoms with Gasteiger partial charge in [0.25, 0.3) is 0 Å². The Kier molecular flexibility index (Phi) is 4.78. The van der Waals surface area contributed by atoms with Gasteiger partial charge in [-0.05, 0) is 37.1 Å². The standard InChI is InChI=1S/C16H24N2O2/c1-13(20)17-15-6-3-5-14(9-15)10-18-8-4-7-16(2,11-18)12-19/h3,5-6,9,19H,4,7-8,10-12H2,1-2H3,(H,17,20). The van der Waals surface area contributed by atoms with Crippen LogP contribution in [0.5, 0.6) is 0 Å². The van der Waals surface area contributed by atoms with Gasteiger partial charge in [0.15, 0.2) is 0 Å². The van der Waals surface area contributed by atoms with Crippen LogP contribution in [0.15, 0.2) is 24.3 Å². The van der Waals surface area contributed by atoms with Crippen LogP contribution in [0.2, 0.25) is 0 Å². The van der Waals surface area contributed by atoms with Crippen molar-refractivity contribution >= 4 is 11.6 Å². The van der Waals surface area contributed by atoms with Crippen LogP contribution in [0, 0.1) is 5.41 Å². The van der Waals surface area contributed by atoms with Gasteiger partial charge in [0.2, 0.25) is 5.91 Å². The number of hydrogen-bond donors (Lipinski definition) is 2. The average Bonchev–Trinajstić information content (AvgIpc) is 2.38. The van der Waals surface area contributed by atoms with Crippen molar-refractivity contribution in [2.24, 2.45) is 5.41 Å². The number of rotatable bonds is 4. The third-order valence-corrected chi connectivity index (χ3v) is 3.90. The first kappa shape index (κ1) is 15.0. The summed E-state index contributed by atoms with van der Waals surface area (Å²) in [5, 5.41) is 12.3. The van der Waals surface area contributed by atoms with Crippen molar-refractivity contribution in [3.8, 4) is 0 Å². The normalized spacial score (nSPS) is 23.6. The molecule has 1 fully saturated rings. The van der Waals surface area contributed by atoms with Crippen LogP contribution in [0.25, 0.3) is 0 Å². The summed E-state index contributed by atoms with van der Waals surface area (Å²) in [4.78, 5) is 13.5. The van der Waals surface area contributed by atoms with Gasteiger partial charge >= 0.3 is 0 Å². The number of aliphatic hydroxyl groups is 1. The highest BCUT2D eigenvalue weighted by Crippen LogP contribution is 2.29. The number of nitrogens with zero attached hydrogens (tertiary/aromatic N) is 1. The lowest BCUT2D eigenvalue weighted by molar-refractivity contribution is -0.114. The summed E-state index contributed by atoms with van der Waals surface area (Å²) in [5.74, 6) is -0.0482. The van der Waals surface area contributed by atoms with Gasteiger partial charge in [0, 0.05) is 37.7 Å². The van der Waals surface area contributed by atoms with E-state index in [1.807, 2.05) is 18.2 Å². The molecule has 1 unspecified atom stereocenters. The Bertz CT molecular complexity index is 475. The molecule has 110 valence electrons. The topological polar surface area (TPSA) is 52.6 Å². The maximum Gasteiger partial charge on any atom is 0.221 e. The van der Waals surface area contributed by atoms with Crippen LogP contribution < -0.4 is 5.32 Å². The van der Waals surface area contributed by atoms with Crippen molar-refractivity contribution in [1.29, 1.82) is 0 Å². The summed E-state index contributed by atoms with van der Waals surface area (Å²) < 4.78 is 0. The number of hydrogen-bond acceptors (Lipinski definition) is 3. The molecule has 4 nitrogen and oxygen atoms in total. The zero-order valence-corrected chi connectivity index (χ0v) is 12.4. The quantitative estimate of drug-likeness (QED) is 0.886. The van der Waals surface area contributed by atoms with Crippen molar-refractivity contribution in [3.63, 3.8) is 0 Å². The van der Waals surface area contributed by atoms with Crippen molar-refractivity contribution < 1.29 is 9.90 Å². The minimum atomic E-state index is -0.0482. The van der Waals surface area contributed by atoms with Gasteiger partial charge in [-0.2, -0.15) is 0 Å². The van der Waals surface area contributed by atoms with E-state index in [0.717, 1.165) is 38.2 Å². The van der Waals surface area contributed by atoms with Gasteiger partial charge in [-0.25, -0.2) is 0 Å². The molecule has 1 aliphatic rings. The molecular formula is C16H24N2O2. The van der Waals surface area contributed by atoms with E-state index in [1.54, 1.807) is 0 Å². The Morgan fingerprint density at radius 2 is 2.30 bits per heavy atom. The molecule has 1 amide bonds. The number of anilines is 1. The summed E-state index contributed by atoms with van der Waals surface area (Å²) in [6, 6.07) is 7.97. The highest BCUT2D eigenvalue weighted by Gasteiger charge is 2.30. The number of likely N-dealkylation sites (tertiary alicyclic amines) is 1. The number of nitrogens with one attached hydrogen (secondary N) is 1. The van der Waals surface area contributed by atoms with Crippen molar-refractivity contribution in [3.05, 3.63) is 29.8 Å². The fraction of sp³-hybridized carbons (Fsp3) is 0.562. The number of benzene rings is 1. The molecule has 20 heavy (non-hydrogen) atoms. The zero-order chi connectivity index (χ0) is 14.6. The number of piperidine rings is 1. The molecule has 0 spiro atoms. The van der Waals surface area contributed by atoms with Crippen molar-refractivity contribution in [2.45, 2.75) is 33.2 Å². The van der Waals surface area contributed by atoms with Crippen molar-refractivity contribution in [1.82, 2.24) is 4.90 Å². The van der Waals surface area contributed by atoms with Gasteiger partial charge in [0.1, 0.15) is 0 Å². The Morgan fingerprint density at radius 1 is 1.50 bits per heavy atom. The second-order valence-electron chi connectivity index (χ2n) is 6.16. The molecular weight excluding hydrogens is 252 g/mol. The number of amides is 1. The molecule has 0 bridgehead atoms. The van der Waals surface area contributed by atoms with Gasteiger partial charge in [-0.1, -0.05) is 19.1 Å². The summed E-state index contributed by atoms with van der Waals surface area (Å²) in [5.41, 5.74) is 2.06. The van der Waals surface area contributed by atoms with Crippen LogP contribution in [0.1, 0.15) is 32.3 Å². The van der Waals surface area contributed by atoms with E-state index in [-0.39, 0.29) is 17.9 Å². The first-order chi connectivity index (χ1) is 9.50. The van der Waals surface area contributed by atoms with Crippen LogP contribution in [-0.2, 0) is 11.3 Å². The van der Waals surface area contributed by atoms with E-state index in [1.165, 1.54) is 12.5 Å². The maximum absolute atomic E-state index is 11.1. The fourth-order valence-electron chi connectivity index (χ4n) is 2.90. The smallest absolute Gasteiger partial charge is 0.221 e. The number of carbonyl (C=O) groups excluding carboxylic acids is 1. The number of aliphatic hydroxyl groups excluding tert-OH is 1. The molecule has 1 heterocycles. The Balaban J connectivity index is 2.00. The second kappa shape index (κ2) is 6.37. The first-order valence-electron chi connectivity index (χ1n) is 7.20. The first-order valence-corrected chi connectivity index (χ1v) is 7.20. The molecule has 4 heteroatoms. The minimum Gasteiger partial charge on any atom is -0.396 e. The molecule has 0 radical (unpaired) electrons. The van der Waals surface area contributed by atoms with E-state index in [2.05, 4.69) is 23.2 Å². The highest BCUT2D eigenvalue weighted by atomic mass is 16.3. The van der Waals surface area contributed by atoms with E-state index in [9.17, 15) is 9.90 Å². The largest absolute Gasteiger partial charge is 0.396 e. The van der Waals surface area contributed by atoms with Crippen LogP contribution in [-0.4, -0.2) is 35.6 Å². The van der Waals surface area contributed by atoms with Gasteiger partial charge in [0.05, 0.1) is 0 Å². The second-order valence-corrected chi connectivity index (χ2v) is 6.16. The molecule has 0 saturated carbocycles. The van der Waals surface area contributed by atoms with E-state index < -0.39 is 0 Å². The van der Waals surface area contributed by atoms with Crippen LogP contribution in [0.4, 0.5) is 5.69 Å². The zero-order valence-electron chi connectivity index (χ0n) is 12.4. The lowest BCUT2D eigenvalue weighted by Gasteiger charge is -2.39. The molecule has 0 aromatic heterocycles. The van der Waals surface area contributed by atoms with E-state index >= 15 is 0 Å². The summed E-state index contributed by atoms with van der Waals surface area (Å²) in [6.45, 7) is 6.77. The number of carbonyl (C=O) groups is 1. The Hall–Kier alpha value is -1.39. The predicted octanol–water partition coefficient (Wildman–Crippen LogP) is 2.24. The maximum atomic E-state index is 11.1. The van der Waals surface area contributed by atoms with E-state index in [0.29, 0.717) is 0 Å². The van der Waals surface area contributed by atoms with Crippen LogP contribution >= 0.6 is 0 Å². The molecule has 2 N–H and O–H groups in total. The van der Waals surface area contributed by atoms with E-state index in [4.69, 9.17) is 0 Å². The molecule has 1 aliphatic heterocycles.